The minimum Gasteiger partial charge on any atom is -0.497 e. The quantitative estimate of drug-likeness (QED) is 0.746. The Morgan fingerprint density at radius 3 is 2.73 bits per heavy atom. The molecule has 0 spiro atoms. The molecular weight excluding hydrogens is 330 g/mol. The van der Waals surface area contributed by atoms with E-state index in [9.17, 15) is 0 Å². The van der Waals surface area contributed by atoms with Crippen molar-refractivity contribution in [1.82, 2.24) is 15.0 Å². The first-order valence-corrected chi connectivity index (χ1v) is 8.52. The molecule has 0 bridgehead atoms. The first-order chi connectivity index (χ1) is 12.6. The predicted molar refractivity (Wildman–Crippen MR) is 100 cm³/mol. The fourth-order valence-corrected chi connectivity index (χ4v) is 3.79. The molecule has 3 aromatic rings. The summed E-state index contributed by atoms with van der Waals surface area (Å²) in [5.41, 5.74) is 15.9. The third kappa shape index (κ3) is 2.65. The van der Waals surface area contributed by atoms with Gasteiger partial charge in [0.15, 0.2) is 5.65 Å². The third-order valence-corrected chi connectivity index (χ3v) is 5.06. The zero-order valence-electron chi connectivity index (χ0n) is 14.8. The van der Waals surface area contributed by atoms with Crippen LogP contribution in [0.15, 0.2) is 24.4 Å². The number of aromatic nitrogens is 3. The monoisotopic (exact) mass is 351 g/mol. The molecule has 26 heavy (non-hydrogen) atoms. The molecule has 7 heteroatoms. The molecule has 7 nitrogen and oxygen atoms in total. The molecule has 4 N–H and O–H groups in total. The van der Waals surface area contributed by atoms with Crippen LogP contribution in [0.2, 0.25) is 0 Å². The van der Waals surface area contributed by atoms with E-state index in [-0.39, 0.29) is 11.9 Å². The van der Waals surface area contributed by atoms with Crippen molar-refractivity contribution in [3.05, 3.63) is 41.1 Å². The molecule has 0 aliphatic heterocycles. The van der Waals surface area contributed by atoms with Crippen LogP contribution in [0.25, 0.3) is 11.0 Å². The molecule has 1 unspecified atom stereocenters. The van der Waals surface area contributed by atoms with Crippen LogP contribution in [0.3, 0.4) is 0 Å². The van der Waals surface area contributed by atoms with Gasteiger partial charge < -0.3 is 20.9 Å². The number of nitrogens with two attached hydrogens (primary N) is 2. The van der Waals surface area contributed by atoms with Gasteiger partial charge >= 0.3 is 0 Å². The smallest absolute Gasteiger partial charge is 0.224 e. The maximum absolute atomic E-state index is 6.15. The lowest BCUT2D eigenvalue weighted by Gasteiger charge is -2.27. The number of pyridine rings is 1. The molecule has 1 aliphatic rings. The SMILES string of the molecule is COc1ccc(OC)c(C2CCc3cnc4nc(N)nc(N)c4c3C2)c1. The molecule has 1 aromatic carbocycles. The molecule has 4 rings (SSSR count). The molecule has 0 radical (unpaired) electrons. The third-order valence-electron chi connectivity index (χ3n) is 5.06. The van der Waals surface area contributed by atoms with Gasteiger partial charge in [0.1, 0.15) is 17.3 Å². The first kappa shape index (κ1) is 16.4. The summed E-state index contributed by atoms with van der Waals surface area (Å²) in [5, 5.41) is 0.809. The van der Waals surface area contributed by atoms with Crippen molar-refractivity contribution < 1.29 is 9.47 Å². The zero-order chi connectivity index (χ0) is 18.3. The summed E-state index contributed by atoms with van der Waals surface area (Å²) in [6, 6.07) is 5.91. The minimum absolute atomic E-state index is 0.143. The van der Waals surface area contributed by atoms with Crippen molar-refractivity contribution in [3.63, 3.8) is 0 Å². The lowest BCUT2D eigenvalue weighted by molar-refractivity contribution is 0.392. The van der Waals surface area contributed by atoms with Crippen LogP contribution in [0.1, 0.15) is 29.0 Å². The summed E-state index contributed by atoms with van der Waals surface area (Å²) < 4.78 is 11.0. The second kappa shape index (κ2) is 6.33. The molecule has 0 saturated carbocycles. The highest BCUT2D eigenvalue weighted by atomic mass is 16.5. The molecule has 0 fully saturated rings. The highest BCUT2D eigenvalue weighted by Gasteiger charge is 2.26. The van der Waals surface area contributed by atoms with Crippen LogP contribution in [0.5, 0.6) is 11.5 Å². The minimum atomic E-state index is 0.143. The number of rotatable bonds is 3. The van der Waals surface area contributed by atoms with E-state index in [2.05, 4.69) is 21.0 Å². The van der Waals surface area contributed by atoms with Crippen LogP contribution in [-0.2, 0) is 12.8 Å². The maximum Gasteiger partial charge on any atom is 0.224 e. The Morgan fingerprint density at radius 1 is 1.12 bits per heavy atom. The van der Waals surface area contributed by atoms with Gasteiger partial charge in [-0.05, 0) is 54.5 Å². The van der Waals surface area contributed by atoms with Crippen molar-refractivity contribution in [2.24, 2.45) is 0 Å². The largest absolute Gasteiger partial charge is 0.497 e. The van der Waals surface area contributed by atoms with Gasteiger partial charge in [0.25, 0.3) is 0 Å². The fourth-order valence-electron chi connectivity index (χ4n) is 3.79. The Hall–Kier alpha value is -3.09. The van der Waals surface area contributed by atoms with E-state index >= 15 is 0 Å². The standard InChI is InChI=1S/C19H21N5O2/c1-25-12-5-6-15(26-2)13(8-12)10-3-4-11-9-22-18-16(14(11)7-10)17(20)23-19(21)24-18/h5-6,8-10H,3-4,7H2,1-2H3,(H4,20,21,22,23,24). The highest BCUT2D eigenvalue weighted by molar-refractivity contribution is 5.90. The normalized spacial score (nSPS) is 16.3. The van der Waals surface area contributed by atoms with Crippen LogP contribution < -0.4 is 20.9 Å². The number of nitrogen functional groups attached to an aromatic ring is 2. The van der Waals surface area contributed by atoms with E-state index in [1.807, 2.05) is 18.3 Å². The molecule has 2 heterocycles. The number of nitrogens with zero attached hydrogens (tertiary/aromatic N) is 3. The second-order valence-corrected chi connectivity index (χ2v) is 6.48. The summed E-state index contributed by atoms with van der Waals surface area (Å²) in [6.45, 7) is 0. The van der Waals surface area contributed by atoms with Gasteiger partial charge in [-0.2, -0.15) is 9.97 Å². The summed E-state index contributed by atoms with van der Waals surface area (Å²) in [7, 11) is 3.36. The molecule has 1 atom stereocenters. The number of benzene rings is 1. The van der Waals surface area contributed by atoms with Gasteiger partial charge in [-0.15, -0.1) is 0 Å². The van der Waals surface area contributed by atoms with Gasteiger partial charge in [-0.1, -0.05) is 0 Å². The average Bonchev–Trinajstić information content (AvgIpc) is 2.66. The number of hydrogen-bond donors (Lipinski definition) is 2. The Kier molecular flexibility index (Phi) is 3.99. The van der Waals surface area contributed by atoms with Gasteiger partial charge in [-0.3, -0.25) is 0 Å². The van der Waals surface area contributed by atoms with Gasteiger partial charge in [-0.25, -0.2) is 4.98 Å². The van der Waals surface area contributed by atoms with Crippen molar-refractivity contribution in [2.75, 3.05) is 25.7 Å². The molecular formula is C19H21N5O2. The molecule has 134 valence electrons. The van der Waals surface area contributed by atoms with E-state index in [0.717, 1.165) is 47.3 Å². The van der Waals surface area contributed by atoms with Crippen LogP contribution >= 0.6 is 0 Å². The lowest BCUT2D eigenvalue weighted by Crippen LogP contribution is -2.16. The Balaban J connectivity index is 1.82. The van der Waals surface area contributed by atoms with Crippen LogP contribution in [0, 0.1) is 0 Å². The summed E-state index contributed by atoms with van der Waals surface area (Å²) in [6.07, 6.45) is 4.60. The predicted octanol–water partition coefficient (Wildman–Crippen LogP) is 2.48. The summed E-state index contributed by atoms with van der Waals surface area (Å²) in [5.74, 6) is 2.50. The zero-order valence-corrected chi connectivity index (χ0v) is 14.8. The Labute approximate surface area is 151 Å². The van der Waals surface area contributed by atoms with E-state index in [0.29, 0.717) is 11.5 Å². The number of hydrogen-bond acceptors (Lipinski definition) is 7. The average molecular weight is 351 g/mol. The summed E-state index contributed by atoms with van der Waals surface area (Å²) in [4.78, 5) is 12.8. The topological polar surface area (TPSA) is 109 Å². The van der Waals surface area contributed by atoms with E-state index in [4.69, 9.17) is 20.9 Å². The number of fused-ring (bicyclic) bond motifs is 3. The number of methoxy groups -OCH3 is 2. The van der Waals surface area contributed by atoms with Gasteiger partial charge in [0.2, 0.25) is 5.95 Å². The summed E-state index contributed by atoms with van der Waals surface area (Å²) >= 11 is 0. The molecule has 1 aliphatic carbocycles. The first-order valence-electron chi connectivity index (χ1n) is 8.52. The van der Waals surface area contributed by atoms with Crippen molar-refractivity contribution in [3.8, 4) is 11.5 Å². The van der Waals surface area contributed by atoms with Crippen molar-refractivity contribution in [2.45, 2.75) is 25.2 Å². The Bertz CT molecular complexity index is 989. The van der Waals surface area contributed by atoms with Crippen LogP contribution in [-0.4, -0.2) is 29.2 Å². The van der Waals surface area contributed by atoms with Crippen LogP contribution in [0.4, 0.5) is 11.8 Å². The lowest BCUT2D eigenvalue weighted by atomic mass is 9.79. The maximum atomic E-state index is 6.15. The van der Waals surface area contributed by atoms with Crippen molar-refractivity contribution in [1.29, 1.82) is 0 Å². The number of aryl methyl sites for hydroxylation is 1. The fraction of sp³-hybridized carbons (Fsp3) is 0.316. The van der Waals surface area contributed by atoms with Crippen molar-refractivity contribution >= 4 is 22.8 Å². The van der Waals surface area contributed by atoms with E-state index in [1.54, 1.807) is 14.2 Å². The second-order valence-electron chi connectivity index (χ2n) is 6.48. The van der Waals surface area contributed by atoms with Gasteiger partial charge in [0.05, 0.1) is 19.6 Å². The highest BCUT2D eigenvalue weighted by Crippen LogP contribution is 2.41. The number of ether oxygens (including phenoxy) is 2. The molecule has 2 aromatic heterocycles. The van der Waals surface area contributed by atoms with E-state index < -0.39 is 0 Å². The number of anilines is 2. The van der Waals surface area contributed by atoms with E-state index in [1.165, 1.54) is 5.56 Å². The van der Waals surface area contributed by atoms with Gasteiger partial charge in [0, 0.05) is 11.8 Å². The molecule has 0 saturated heterocycles. The Morgan fingerprint density at radius 2 is 1.96 bits per heavy atom. The molecule has 0 amide bonds.